The number of aliphatic hydroxyl groups is 1. The van der Waals surface area contributed by atoms with Crippen LogP contribution in [0.15, 0.2) is 36.4 Å². The first-order valence-corrected chi connectivity index (χ1v) is 10.8. The molecule has 1 aromatic heterocycles. The summed E-state index contributed by atoms with van der Waals surface area (Å²) in [7, 11) is 1.65. The molecule has 0 radical (unpaired) electrons. The molecule has 1 atom stereocenters. The van der Waals surface area contributed by atoms with Crippen LogP contribution in [0.5, 0.6) is 5.75 Å². The number of anilines is 1. The third kappa shape index (κ3) is 5.39. The molecule has 2 aromatic rings. The van der Waals surface area contributed by atoms with Crippen LogP contribution < -0.4 is 10.1 Å². The van der Waals surface area contributed by atoms with E-state index < -0.39 is 5.60 Å². The third-order valence-corrected chi connectivity index (χ3v) is 6.64. The second-order valence-corrected chi connectivity index (χ2v) is 9.28. The molecule has 1 aliphatic heterocycles. The second-order valence-electron chi connectivity index (χ2n) is 6.59. The van der Waals surface area contributed by atoms with Gasteiger partial charge in [-0.25, -0.2) is 0 Å². The van der Waals surface area contributed by atoms with Crippen LogP contribution in [-0.2, 0) is 0 Å². The Morgan fingerprint density at radius 1 is 1.30 bits per heavy atom. The predicted molar refractivity (Wildman–Crippen MR) is 119 cm³/mol. The maximum atomic E-state index is 9.77. The van der Waals surface area contributed by atoms with Crippen molar-refractivity contribution >= 4 is 46.1 Å². The normalized spacial score (nSPS) is 16.6. The highest BCUT2D eigenvalue weighted by molar-refractivity contribution is 7.99. The maximum Gasteiger partial charge on any atom is 0.174 e. The Bertz CT molecular complexity index is 860. The van der Waals surface area contributed by atoms with E-state index >= 15 is 0 Å². The van der Waals surface area contributed by atoms with E-state index in [9.17, 15) is 5.11 Å². The molecule has 0 bridgehead atoms. The molecule has 0 amide bonds. The highest BCUT2D eigenvalue weighted by atomic mass is 32.2. The Morgan fingerprint density at radius 2 is 2.04 bits per heavy atom. The molecule has 142 valence electrons. The molecule has 4 nitrogen and oxygen atoms in total. The van der Waals surface area contributed by atoms with Crippen LogP contribution in [0.2, 0.25) is 0 Å². The van der Waals surface area contributed by atoms with Crippen molar-refractivity contribution in [1.29, 1.82) is 0 Å². The van der Waals surface area contributed by atoms with E-state index in [1.165, 1.54) is 4.88 Å². The van der Waals surface area contributed by atoms with Crippen molar-refractivity contribution in [2.45, 2.75) is 24.8 Å². The summed E-state index contributed by atoms with van der Waals surface area (Å²) >= 11 is 9.18. The standard InChI is InChI=1S/C20H22N2O2S3/c1-20(2,23)11-10-16-8-9-17(27-16)18-22(12-13-26-18)19(25)21-14-4-6-15(24-3)7-5-14/h4-9,18,23H,12-13H2,1-3H3,(H,21,25)/t18-/m0/s1. The SMILES string of the molecule is COc1ccc(NC(=S)N2CCS[C@H]2c2ccc(C#CC(C)(C)O)s2)cc1. The largest absolute Gasteiger partial charge is 0.497 e. The van der Waals surface area contributed by atoms with Crippen molar-refractivity contribution in [3.8, 4) is 17.6 Å². The van der Waals surface area contributed by atoms with E-state index in [0.717, 1.165) is 28.6 Å². The number of rotatable bonds is 3. The zero-order valence-electron chi connectivity index (χ0n) is 15.5. The summed E-state index contributed by atoms with van der Waals surface area (Å²) in [5, 5.41) is 14.0. The lowest BCUT2D eigenvalue weighted by molar-refractivity contribution is 0.143. The number of ether oxygens (including phenoxy) is 1. The van der Waals surface area contributed by atoms with Crippen LogP contribution in [0.1, 0.15) is 29.0 Å². The molecule has 0 saturated carbocycles. The van der Waals surface area contributed by atoms with Crippen LogP contribution in [0, 0.1) is 11.8 Å². The van der Waals surface area contributed by atoms with Gasteiger partial charge in [0, 0.05) is 22.9 Å². The Labute approximate surface area is 173 Å². The van der Waals surface area contributed by atoms with Gasteiger partial charge in [-0.3, -0.25) is 0 Å². The molecule has 7 heteroatoms. The van der Waals surface area contributed by atoms with Crippen molar-refractivity contribution in [2.24, 2.45) is 0 Å². The summed E-state index contributed by atoms with van der Waals surface area (Å²) < 4.78 is 5.19. The van der Waals surface area contributed by atoms with E-state index in [-0.39, 0.29) is 5.37 Å². The number of nitrogens with one attached hydrogen (secondary N) is 1. The summed E-state index contributed by atoms with van der Waals surface area (Å²) in [5.74, 6) is 7.76. The number of hydrogen-bond donors (Lipinski definition) is 2. The number of thiocarbonyl (C=S) groups is 1. The first-order valence-electron chi connectivity index (χ1n) is 8.54. The van der Waals surface area contributed by atoms with Gasteiger partial charge in [0.25, 0.3) is 0 Å². The first-order chi connectivity index (χ1) is 12.9. The van der Waals surface area contributed by atoms with Crippen LogP contribution >= 0.6 is 35.3 Å². The van der Waals surface area contributed by atoms with E-state index in [4.69, 9.17) is 17.0 Å². The summed E-state index contributed by atoms with van der Waals surface area (Å²) in [4.78, 5) is 4.38. The van der Waals surface area contributed by atoms with E-state index in [1.54, 1.807) is 32.3 Å². The van der Waals surface area contributed by atoms with Gasteiger partial charge in [-0.05, 0) is 62.5 Å². The Kier molecular flexibility index (Phi) is 6.33. The van der Waals surface area contributed by atoms with Gasteiger partial charge < -0.3 is 20.1 Å². The van der Waals surface area contributed by atoms with Crippen LogP contribution in [-0.4, -0.2) is 40.1 Å². The molecular formula is C20H22N2O2S3. The quantitative estimate of drug-likeness (QED) is 0.572. The number of hydrogen-bond acceptors (Lipinski definition) is 5. The molecule has 1 fully saturated rings. The van der Waals surface area contributed by atoms with Crippen molar-refractivity contribution in [3.05, 3.63) is 46.2 Å². The summed E-state index contributed by atoms with van der Waals surface area (Å²) in [6.45, 7) is 4.28. The van der Waals surface area contributed by atoms with Gasteiger partial charge in [-0.2, -0.15) is 0 Å². The van der Waals surface area contributed by atoms with Crippen molar-refractivity contribution < 1.29 is 9.84 Å². The lowest BCUT2D eigenvalue weighted by Crippen LogP contribution is -2.33. The summed E-state index contributed by atoms with van der Waals surface area (Å²) in [5.41, 5.74) is -0.0401. The topological polar surface area (TPSA) is 44.7 Å². The third-order valence-electron chi connectivity index (χ3n) is 3.85. The van der Waals surface area contributed by atoms with Crippen molar-refractivity contribution in [2.75, 3.05) is 24.7 Å². The smallest absolute Gasteiger partial charge is 0.174 e. The highest BCUT2D eigenvalue weighted by Crippen LogP contribution is 2.41. The van der Waals surface area contributed by atoms with Gasteiger partial charge in [0.1, 0.15) is 16.7 Å². The average molecular weight is 419 g/mol. The molecule has 0 spiro atoms. The fourth-order valence-corrected chi connectivity index (χ4v) is 5.30. The highest BCUT2D eigenvalue weighted by Gasteiger charge is 2.29. The number of thioether (sulfide) groups is 1. The molecule has 0 unspecified atom stereocenters. The average Bonchev–Trinajstić information content (AvgIpc) is 3.29. The molecule has 27 heavy (non-hydrogen) atoms. The van der Waals surface area contributed by atoms with Crippen molar-refractivity contribution in [3.63, 3.8) is 0 Å². The number of nitrogens with zero attached hydrogens (tertiary/aromatic N) is 1. The van der Waals surface area contributed by atoms with E-state index in [2.05, 4.69) is 28.1 Å². The van der Waals surface area contributed by atoms with Crippen molar-refractivity contribution in [1.82, 2.24) is 4.90 Å². The zero-order chi connectivity index (χ0) is 19.4. The molecule has 1 saturated heterocycles. The number of benzene rings is 1. The summed E-state index contributed by atoms with van der Waals surface area (Å²) in [6, 6.07) is 11.8. The molecule has 3 rings (SSSR count). The second kappa shape index (κ2) is 8.53. The Morgan fingerprint density at radius 3 is 2.70 bits per heavy atom. The van der Waals surface area contributed by atoms with Gasteiger partial charge in [0.05, 0.1) is 12.0 Å². The summed E-state index contributed by atoms with van der Waals surface area (Å²) in [6.07, 6.45) is 0. The predicted octanol–water partition coefficient (Wildman–Crippen LogP) is 4.32. The molecule has 2 N–H and O–H groups in total. The molecule has 2 heterocycles. The minimum Gasteiger partial charge on any atom is -0.497 e. The first kappa shape index (κ1) is 20.0. The Balaban J connectivity index is 1.70. The minimum absolute atomic E-state index is 0.186. The fourth-order valence-electron chi connectivity index (χ4n) is 2.55. The fraction of sp³-hybridized carbons (Fsp3) is 0.350. The number of methoxy groups -OCH3 is 1. The molecular weight excluding hydrogens is 396 g/mol. The minimum atomic E-state index is -0.984. The molecule has 0 aliphatic carbocycles. The van der Waals surface area contributed by atoms with Crippen LogP contribution in [0.4, 0.5) is 5.69 Å². The lowest BCUT2D eigenvalue weighted by atomic mass is 10.1. The van der Waals surface area contributed by atoms with E-state index in [0.29, 0.717) is 5.11 Å². The van der Waals surface area contributed by atoms with Gasteiger partial charge in [-0.1, -0.05) is 11.8 Å². The molecule has 1 aliphatic rings. The zero-order valence-corrected chi connectivity index (χ0v) is 17.9. The van der Waals surface area contributed by atoms with Gasteiger partial charge in [0.15, 0.2) is 5.11 Å². The molecule has 1 aromatic carbocycles. The van der Waals surface area contributed by atoms with Crippen LogP contribution in [0.3, 0.4) is 0 Å². The van der Waals surface area contributed by atoms with Gasteiger partial charge >= 0.3 is 0 Å². The van der Waals surface area contributed by atoms with Crippen LogP contribution in [0.25, 0.3) is 0 Å². The van der Waals surface area contributed by atoms with E-state index in [1.807, 2.05) is 42.1 Å². The number of thiophene rings is 1. The Hall–Kier alpha value is -1.72. The van der Waals surface area contributed by atoms with Gasteiger partial charge in [-0.15, -0.1) is 23.1 Å². The maximum absolute atomic E-state index is 9.77. The monoisotopic (exact) mass is 418 g/mol. The lowest BCUT2D eigenvalue weighted by Gasteiger charge is -2.26. The van der Waals surface area contributed by atoms with Gasteiger partial charge in [0.2, 0.25) is 0 Å².